The van der Waals surface area contributed by atoms with Crippen molar-refractivity contribution >= 4 is 33.8 Å². The molecule has 0 bridgehead atoms. The normalized spacial score (nSPS) is 12.2. The molecular formula is C11H6F3N3S2. The van der Waals surface area contributed by atoms with E-state index >= 15 is 0 Å². The summed E-state index contributed by atoms with van der Waals surface area (Å²) in [5.74, 6) is 0. The summed E-state index contributed by atoms with van der Waals surface area (Å²) in [6.07, 6.45) is -4.45. The zero-order chi connectivity index (χ0) is 13.6. The Kier molecular flexibility index (Phi) is 2.72. The maximum Gasteiger partial charge on any atom is 0.432 e. The number of rotatable bonds is 1. The molecule has 3 aromatic rings. The van der Waals surface area contributed by atoms with E-state index in [4.69, 9.17) is 12.2 Å². The summed E-state index contributed by atoms with van der Waals surface area (Å²) in [6, 6.07) is 8.21. The number of para-hydroxylation sites is 1. The van der Waals surface area contributed by atoms with Crippen LogP contribution >= 0.6 is 23.6 Å². The largest absolute Gasteiger partial charge is 0.432 e. The number of H-pyrrole nitrogens is 1. The van der Waals surface area contributed by atoms with Gasteiger partial charge in [0.25, 0.3) is 0 Å². The molecule has 0 aliphatic heterocycles. The molecule has 0 spiro atoms. The second-order valence-electron chi connectivity index (χ2n) is 3.81. The molecule has 19 heavy (non-hydrogen) atoms. The lowest BCUT2D eigenvalue weighted by atomic mass is 10.3. The molecule has 0 atom stereocenters. The molecule has 1 aromatic carbocycles. The molecule has 2 aromatic heterocycles. The van der Waals surface area contributed by atoms with Gasteiger partial charge in [-0.1, -0.05) is 35.7 Å². The third-order valence-corrected chi connectivity index (χ3v) is 3.82. The fraction of sp³-hybridized carbons (Fsp3) is 0.0909. The molecule has 0 radical (unpaired) electrons. The summed E-state index contributed by atoms with van der Waals surface area (Å²) in [7, 11) is 0. The van der Waals surface area contributed by atoms with Crippen molar-refractivity contribution in [3.05, 3.63) is 40.7 Å². The lowest BCUT2D eigenvalue weighted by molar-refractivity contribution is -0.141. The smallest absolute Gasteiger partial charge is 0.286 e. The summed E-state index contributed by atoms with van der Waals surface area (Å²) >= 11 is 6.20. The van der Waals surface area contributed by atoms with Crippen LogP contribution in [0.15, 0.2) is 30.3 Å². The van der Waals surface area contributed by atoms with Crippen LogP contribution in [0, 0.1) is 4.64 Å². The molecule has 3 rings (SSSR count). The third-order valence-electron chi connectivity index (χ3n) is 2.50. The predicted molar refractivity (Wildman–Crippen MR) is 69.1 cm³/mol. The van der Waals surface area contributed by atoms with Crippen molar-refractivity contribution in [3.63, 3.8) is 0 Å². The second kappa shape index (κ2) is 4.17. The maximum absolute atomic E-state index is 12.6. The van der Waals surface area contributed by atoms with Gasteiger partial charge >= 0.3 is 6.18 Å². The third kappa shape index (κ3) is 2.17. The van der Waals surface area contributed by atoms with Crippen molar-refractivity contribution < 1.29 is 13.2 Å². The Morgan fingerprint density at radius 3 is 2.63 bits per heavy atom. The maximum atomic E-state index is 12.6. The van der Waals surface area contributed by atoms with Crippen molar-refractivity contribution in [2.45, 2.75) is 6.18 Å². The van der Waals surface area contributed by atoms with Gasteiger partial charge in [0.2, 0.25) is 5.13 Å². The molecule has 98 valence electrons. The fourth-order valence-corrected chi connectivity index (χ4v) is 2.89. The Morgan fingerprint density at radius 2 is 2.00 bits per heavy atom. The fourth-order valence-electron chi connectivity index (χ4n) is 1.64. The SMILES string of the molecule is FC(F)(F)c1cc(=S)n(-c2nc3ccccc3s2)[nH]1. The Bertz CT molecular complexity index is 764. The van der Waals surface area contributed by atoms with Gasteiger partial charge in [0.05, 0.1) is 10.2 Å². The Labute approximate surface area is 114 Å². The standard InChI is InChI=1S/C11H6F3N3S2/c12-11(13,14)8-5-9(18)17(16-8)10-15-6-3-1-2-4-7(6)19-10/h1-5,16H. The van der Waals surface area contributed by atoms with Crippen molar-refractivity contribution in [2.75, 3.05) is 0 Å². The van der Waals surface area contributed by atoms with Crippen LogP contribution in [-0.2, 0) is 6.18 Å². The highest BCUT2D eigenvalue weighted by Crippen LogP contribution is 2.30. The number of nitrogens with zero attached hydrogens (tertiary/aromatic N) is 2. The summed E-state index contributed by atoms with van der Waals surface area (Å²) in [5.41, 5.74) is -0.149. The van der Waals surface area contributed by atoms with Crippen LogP contribution in [0.2, 0.25) is 0 Å². The molecule has 0 amide bonds. The van der Waals surface area contributed by atoms with E-state index in [2.05, 4.69) is 10.1 Å². The van der Waals surface area contributed by atoms with Crippen molar-refractivity contribution in [2.24, 2.45) is 0 Å². The van der Waals surface area contributed by atoms with Crippen LogP contribution < -0.4 is 0 Å². The van der Waals surface area contributed by atoms with Gasteiger partial charge in [-0.25, -0.2) is 9.67 Å². The molecule has 3 nitrogen and oxygen atoms in total. The molecule has 1 N–H and O–H groups in total. The van der Waals surface area contributed by atoms with E-state index < -0.39 is 11.9 Å². The number of aromatic nitrogens is 3. The van der Waals surface area contributed by atoms with E-state index in [1.807, 2.05) is 18.2 Å². The topological polar surface area (TPSA) is 33.6 Å². The van der Waals surface area contributed by atoms with Gasteiger partial charge < -0.3 is 0 Å². The van der Waals surface area contributed by atoms with Crippen LogP contribution in [0.5, 0.6) is 0 Å². The van der Waals surface area contributed by atoms with Gasteiger partial charge in [-0.15, -0.1) is 0 Å². The minimum atomic E-state index is -4.45. The molecule has 8 heteroatoms. The summed E-state index contributed by atoms with van der Waals surface area (Å²) < 4.78 is 39.9. The number of thiazole rings is 1. The first-order valence-electron chi connectivity index (χ1n) is 5.20. The predicted octanol–water partition coefficient (Wildman–Crippen LogP) is 4.16. The number of hydrogen-bond acceptors (Lipinski definition) is 3. The molecule has 2 heterocycles. The Hall–Kier alpha value is -1.67. The second-order valence-corrected chi connectivity index (χ2v) is 5.23. The van der Waals surface area contributed by atoms with Crippen LogP contribution in [0.3, 0.4) is 0 Å². The molecule has 0 aliphatic rings. The van der Waals surface area contributed by atoms with E-state index in [1.165, 1.54) is 16.0 Å². The van der Waals surface area contributed by atoms with E-state index in [-0.39, 0.29) is 4.64 Å². The number of fused-ring (bicyclic) bond motifs is 1. The molecule has 0 aliphatic carbocycles. The molecular weight excluding hydrogens is 295 g/mol. The minimum Gasteiger partial charge on any atom is -0.286 e. The number of halogens is 3. The molecule has 0 saturated heterocycles. The number of nitrogens with one attached hydrogen (secondary N) is 1. The quantitative estimate of drug-likeness (QED) is 0.685. The van der Waals surface area contributed by atoms with Crippen LogP contribution in [0.4, 0.5) is 13.2 Å². The van der Waals surface area contributed by atoms with Gasteiger partial charge in [0.1, 0.15) is 10.3 Å². The van der Waals surface area contributed by atoms with E-state index in [9.17, 15) is 13.2 Å². The molecule has 0 saturated carbocycles. The van der Waals surface area contributed by atoms with E-state index in [0.717, 1.165) is 16.3 Å². The number of aromatic amines is 1. The van der Waals surface area contributed by atoms with Gasteiger partial charge in [0.15, 0.2) is 0 Å². The lowest BCUT2D eigenvalue weighted by Gasteiger charge is -2.02. The van der Waals surface area contributed by atoms with Crippen LogP contribution in [0.1, 0.15) is 5.69 Å². The number of alkyl halides is 3. The van der Waals surface area contributed by atoms with Crippen molar-refractivity contribution in [3.8, 4) is 5.13 Å². The average molecular weight is 301 g/mol. The minimum absolute atomic E-state index is 0.0476. The van der Waals surface area contributed by atoms with Gasteiger partial charge in [-0.3, -0.25) is 5.10 Å². The highest BCUT2D eigenvalue weighted by Gasteiger charge is 2.33. The zero-order valence-electron chi connectivity index (χ0n) is 9.23. The molecule has 0 unspecified atom stereocenters. The highest BCUT2D eigenvalue weighted by molar-refractivity contribution is 7.71. The van der Waals surface area contributed by atoms with Crippen LogP contribution in [-0.4, -0.2) is 14.8 Å². The van der Waals surface area contributed by atoms with Gasteiger partial charge in [-0.2, -0.15) is 13.2 Å². The first-order chi connectivity index (χ1) is 8.95. The Morgan fingerprint density at radius 1 is 1.26 bits per heavy atom. The lowest BCUT2D eigenvalue weighted by Crippen LogP contribution is -2.07. The summed E-state index contributed by atoms with van der Waals surface area (Å²) in [6.45, 7) is 0. The van der Waals surface area contributed by atoms with Crippen molar-refractivity contribution in [1.82, 2.24) is 14.8 Å². The highest BCUT2D eigenvalue weighted by atomic mass is 32.1. The van der Waals surface area contributed by atoms with Crippen molar-refractivity contribution in [1.29, 1.82) is 0 Å². The average Bonchev–Trinajstić information content (AvgIpc) is 2.90. The monoisotopic (exact) mass is 301 g/mol. The summed E-state index contributed by atoms with van der Waals surface area (Å²) in [5, 5.41) is 2.62. The van der Waals surface area contributed by atoms with Gasteiger partial charge in [-0.05, 0) is 12.1 Å². The van der Waals surface area contributed by atoms with E-state index in [1.54, 1.807) is 6.07 Å². The van der Waals surface area contributed by atoms with Crippen LogP contribution in [0.25, 0.3) is 15.3 Å². The zero-order valence-corrected chi connectivity index (χ0v) is 10.9. The Balaban J connectivity index is 2.16. The molecule has 0 fully saturated rings. The van der Waals surface area contributed by atoms with E-state index in [0.29, 0.717) is 5.13 Å². The summed E-state index contributed by atoms with van der Waals surface area (Å²) in [4.78, 5) is 4.26. The number of benzene rings is 1. The first-order valence-corrected chi connectivity index (χ1v) is 6.43. The van der Waals surface area contributed by atoms with Gasteiger partial charge in [0, 0.05) is 6.07 Å². The first kappa shape index (κ1) is 12.4. The number of hydrogen-bond donors (Lipinski definition) is 1.